The standard InChI is InChI=1S/C14H20F2N4O2/c1-2-22-8-11-3-14(15,16)9-20(11)12-6-19(7-12)13(21)10-4-17-18-5-10/h4-5,11-12H,2-3,6-9H2,1H3,(H,17,18)/t11-/m0/s1. The van der Waals surface area contributed by atoms with Crippen molar-refractivity contribution in [1.29, 1.82) is 0 Å². The van der Waals surface area contributed by atoms with Crippen molar-refractivity contribution in [2.75, 3.05) is 32.8 Å². The number of ether oxygens (including phenoxy) is 1. The fourth-order valence-corrected chi connectivity index (χ4v) is 3.14. The lowest BCUT2D eigenvalue weighted by atomic mass is 10.0. The predicted octanol–water partition coefficient (Wildman–Crippen LogP) is 0.980. The van der Waals surface area contributed by atoms with Crippen molar-refractivity contribution in [2.24, 2.45) is 0 Å². The number of H-pyrrole nitrogens is 1. The number of nitrogens with one attached hydrogen (secondary N) is 1. The van der Waals surface area contributed by atoms with Crippen LogP contribution in [-0.4, -0.2) is 76.8 Å². The van der Waals surface area contributed by atoms with Crippen LogP contribution in [0.3, 0.4) is 0 Å². The zero-order chi connectivity index (χ0) is 15.7. The first kappa shape index (κ1) is 15.4. The van der Waals surface area contributed by atoms with Gasteiger partial charge in [0.25, 0.3) is 11.8 Å². The average molecular weight is 314 g/mol. The van der Waals surface area contributed by atoms with Crippen LogP contribution in [-0.2, 0) is 4.74 Å². The maximum Gasteiger partial charge on any atom is 0.262 e. The summed E-state index contributed by atoms with van der Waals surface area (Å²) >= 11 is 0. The molecule has 0 radical (unpaired) electrons. The highest BCUT2D eigenvalue weighted by atomic mass is 19.3. The Kier molecular flexibility index (Phi) is 4.14. The lowest BCUT2D eigenvalue weighted by Crippen LogP contribution is -2.62. The minimum Gasteiger partial charge on any atom is -0.380 e. The van der Waals surface area contributed by atoms with Gasteiger partial charge in [-0.3, -0.25) is 14.8 Å². The van der Waals surface area contributed by atoms with Gasteiger partial charge in [0.2, 0.25) is 0 Å². The van der Waals surface area contributed by atoms with E-state index >= 15 is 0 Å². The molecule has 0 bridgehead atoms. The molecule has 0 saturated carbocycles. The van der Waals surface area contributed by atoms with Crippen LogP contribution in [0.15, 0.2) is 12.4 Å². The normalized spacial score (nSPS) is 25.4. The molecule has 8 heteroatoms. The maximum atomic E-state index is 13.7. The van der Waals surface area contributed by atoms with Crippen molar-refractivity contribution in [3.63, 3.8) is 0 Å². The highest BCUT2D eigenvalue weighted by molar-refractivity contribution is 5.94. The largest absolute Gasteiger partial charge is 0.380 e. The molecule has 0 aromatic carbocycles. The van der Waals surface area contributed by atoms with E-state index in [0.29, 0.717) is 31.9 Å². The van der Waals surface area contributed by atoms with Crippen LogP contribution in [0.1, 0.15) is 23.7 Å². The number of carbonyl (C=O) groups is 1. The van der Waals surface area contributed by atoms with E-state index in [-0.39, 0.29) is 31.0 Å². The summed E-state index contributed by atoms with van der Waals surface area (Å²) in [6.07, 6.45) is 2.84. The van der Waals surface area contributed by atoms with Gasteiger partial charge in [0.15, 0.2) is 0 Å². The summed E-state index contributed by atoms with van der Waals surface area (Å²) in [5.41, 5.74) is 0.496. The summed E-state index contributed by atoms with van der Waals surface area (Å²) in [7, 11) is 0. The predicted molar refractivity (Wildman–Crippen MR) is 74.8 cm³/mol. The SMILES string of the molecule is CCOC[C@@H]1CC(F)(F)CN1C1CN(C(=O)c2cn[nH]c2)C1. The zero-order valence-corrected chi connectivity index (χ0v) is 12.5. The minimum atomic E-state index is -2.67. The molecule has 0 aliphatic carbocycles. The lowest BCUT2D eigenvalue weighted by Gasteiger charge is -2.45. The second kappa shape index (κ2) is 5.92. The Bertz CT molecular complexity index is 517. The molecule has 2 saturated heterocycles. The van der Waals surface area contributed by atoms with Gasteiger partial charge in [-0.2, -0.15) is 5.10 Å². The van der Waals surface area contributed by atoms with Crippen molar-refractivity contribution in [2.45, 2.75) is 31.4 Å². The number of hydrogen-bond acceptors (Lipinski definition) is 4. The van der Waals surface area contributed by atoms with E-state index < -0.39 is 5.92 Å². The third-order valence-electron chi connectivity index (χ3n) is 4.30. The summed E-state index contributed by atoms with van der Waals surface area (Å²) in [6.45, 7) is 3.39. The number of halogens is 2. The molecule has 1 N–H and O–H groups in total. The third-order valence-corrected chi connectivity index (χ3v) is 4.30. The number of alkyl halides is 2. The Balaban J connectivity index is 1.57. The van der Waals surface area contributed by atoms with Crippen LogP contribution in [0, 0.1) is 0 Å². The number of rotatable bonds is 5. The fourth-order valence-electron chi connectivity index (χ4n) is 3.14. The number of amides is 1. The Hall–Kier alpha value is -1.54. The second-order valence-corrected chi connectivity index (χ2v) is 5.90. The fraction of sp³-hybridized carbons (Fsp3) is 0.714. The van der Waals surface area contributed by atoms with Gasteiger partial charge >= 0.3 is 0 Å². The van der Waals surface area contributed by atoms with Gasteiger partial charge in [-0.15, -0.1) is 0 Å². The Morgan fingerprint density at radius 1 is 1.55 bits per heavy atom. The number of nitrogens with zero attached hydrogens (tertiary/aromatic N) is 3. The van der Waals surface area contributed by atoms with E-state index in [0.717, 1.165) is 0 Å². The molecular weight excluding hydrogens is 294 g/mol. The van der Waals surface area contributed by atoms with Crippen LogP contribution in [0.4, 0.5) is 8.78 Å². The van der Waals surface area contributed by atoms with Gasteiger partial charge in [0.1, 0.15) is 0 Å². The average Bonchev–Trinajstić information content (AvgIpc) is 3.02. The van der Waals surface area contributed by atoms with E-state index in [4.69, 9.17) is 4.74 Å². The first-order valence-corrected chi connectivity index (χ1v) is 7.49. The third kappa shape index (κ3) is 2.98. The second-order valence-electron chi connectivity index (χ2n) is 5.90. The molecule has 22 heavy (non-hydrogen) atoms. The van der Waals surface area contributed by atoms with Crippen LogP contribution in [0.25, 0.3) is 0 Å². The molecule has 0 unspecified atom stereocenters. The first-order chi connectivity index (χ1) is 10.5. The molecule has 2 fully saturated rings. The quantitative estimate of drug-likeness (QED) is 0.880. The minimum absolute atomic E-state index is 0.0188. The number of hydrogen-bond donors (Lipinski definition) is 1. The lowest BCUT2D eigenvalue weighted by molar-refractivity contribution is -0.0148. The number of likely N-dealkylation sites (tertiary alicyclic amines) is 2. The zero-order valence-electron chi connectivity index (χ0n) is 12.5. The Morgan fingerprint density at radius 2 is 2.32 bits per heavy atom. The monoisotopic (exact) mass is 314 g/mol. The smallest absolute Gasteiger partial charge is 0.262 e. The summed E-state index contributed by atoms with van der Waals surface area (Å²) in [5, 5.41) is 6.34. The van der Waals surface area contributed by atoms with Gasteiger partial charge in [0.05, 0.1) is 24.9 Å². The molecule has 1 aromatic rings. The van der Waals surface area contributed by atoms with E-state index in [1.165, 1.54) is 12.4 Å². The molecule has 2 aliphatic rings. The molecule has 122 valence electrons. The molecule has 1 amide bonds. The molecule has 1 aromatic heterocycles. The Morgan fingerprint density at radius 3 is 2.95 bits per heavy atom. The first-order valence-electron chi connectivity index (χ1n) is 7.49. The summed E-state index contributed by atoms with van der Waals surface area (Å²) < 4.78 is 32.7. The van der Waals surface area contributed by atoms with Crippen molar-refractivity contribution in [1.82, 2.24) is 20.0 Å². The molecule has 6 nitrogen and oxygen atoms in total. The van der Waals surface area contributed by atoms with Gasteiger partial charge in [-0.1, -0.05) is 0 Å². The highest BCUT2D eigenvalue weighted by Crippen LogP contribution is 2.35. The Labute approximate surface area is 127 Å². The number of aromatic nitrogens is 2. The summed E-state index contributed by atoms with van der Waals surface area (Å²) in [6, 6.07) is -0.291. The van der Waals surface area contributed by atoms with Gasteiger partial charge < -0.3 is 9.64 Å². The van der Waals surface area contributed by atoms with Crippen molar-refractivity contribution < 1.29 is 18.3 Å². The summed E-state index contributed by atoms with van der Waals surface area (Å²) in [4.78, 5) is 15.6. The number of aromatic amines is 1. The molecule has 3 rings (SSSR count). The van der Waals surface area contributed by atoms with Gasteiger partial charge in [-0.25, -0.2) is 8.78 Å². The van der Waals surface area contributed by atoms with Gasteiger partial charge in [-0.05, 0) is 6.92 Å². The van der Waals surface area contributed by atoms with Crippen LogP contribution in [0.5, 0.6) is 0 Å². The van der Waals surface area contributed by atoms with E-state index in [2.05, 4.69) is 10.2 Å². The highest BCUT2D eigenvalue weighted by Gasteiger charge is 2.50. The van der Waals surface area contributed by atoms with Crippen molar-refractivity contribution >= 4 is 5.91 Å². The number of carbonyl (C=O) groups excluding carboxylic acids is 1. The molecule has 3 heterocycles. The van der Waals surface area contributed by atoms with E-state index in [1.807, 2.05) is 6.92 Å². The maximum absolute atomic E-state index is 13.7. The van der Waals surface area contributed by atoms with Crippen molar-refractivity contribution in [3.05, 3.63) is 18.0 Å². The van der Waals surface area contributed by atoms with Gasteiger partial charge in [0, 0.05) is 44.4 Å². The summed E-state index contributed by atoms with van der Waals surface area (Å²) in [5.74, 6) is -2.78. The molecule has 0 spiro atoms. The van der Waals surface area contributed by atoms with Crippen LogP contribution in [0.2, 0.25) is 0 Å². The molecule has 2 aliphatic heterocycles. The topological polar surface area (TPSA) is 61.5 Å². The van der Waals surface area contributed by atoms with Crippen LogP contribution < -0.4 is 0 Å². The van der Waals surface area contributed by atoms with E-state index in [1.54, 1.807) is 9.80 Å². The molecule has 1 atom stereocenters. The van der Waals surface area contributed by atoms with Crippen molar-refractivity contribution in [3.8, 4) is 0 Å². The van der Waals surface area contributed by atoms with E-state index in [9.17, 15) is 13.6 Å². The molecular formula is C14H20F2N4O2. The van der Waals surface area contributed by atoms with Crippen LogP contribution >= 0.6 is 0 Å².